The lowest BCUT2D eigenvalue weighted by Crippen LogP contribution is -2.54. The number of aliphatic imine (C=N–C) groups is 1. The second kappa shape index (κ2) is 17.3. The molecular weight excluding hydrogens is 592 g/mol. The predicted octanol–water partition coefficient (Wildman–Crippen LogP) is 10.3. The number of carbonyl (C=O) groups is 1. The summed E-state index contributed by atoms with van der Waals surface area (Å²) in [6.45, 7) is 29.2. The Hall–Kier alpha value is -4.11. The molecule has 2 aliphatic rings. The van der Waals surface area contributed by atoms with Crippen molar-refractivity contribution in [3.8, 4) is 6.07 Å². The molecule has 0 spiro atoms. The Labute approximate surface area is 291 Å². The standard InChI is InChI=1S/C42H58N4O2/c1-12-17-33(13-2)26-38(37-21-20-29(37)5)36(14-3)40(39(44-15-4)24-30(6)35-19-16-18-34(25-35)27-43)32(8)46-23-22-45(28-31(46)7)41(47)48-42(9,10)11/h12,14-19,25-26,29,31,33,37H,4,6,13,20-24,28H2,1-3,5,7-11H3/b17-12-,36-14-,38-26-,40-32+,44-39?/t29?,31-,33?,37?/m0/s1. The normalized spacial score (nSPS) is 22.1. The maximum Gasteiger partial charge on any atom is 0.410 e. The average Bonchev–Trinajstić information content (AvgIpc) is 3.04. The second-order valence-corrected chi connectivity index (χ2v) is 14.2. The second-order valence-electron chi connectivity index (χ2n) is 14.2. The molecular formula is C42H58N4O2. The van der Waals surface area contributed by atoms with Crippen LogP contribution in [0.4, 0.5) is 4.79 Å². The summed E-state index contributed by atoms with van der Waals surface area (Å²) in [5.74, 6) is 1.38. The van der Waals surface area contributed by atoms with Gasteiger partial charge in [0.15, 0.2) is 0 Å². The number of benzene rings is 1. The molecule has 6 nitrogen and oxygen atoms in total. The van der Waals surface area contributed by atoms with Crippen LogP contribution in [0.15, 0.2) is 95.3 Å². The van der Waals surface area contributed by atoms with Crippen molar-refractivity contribution in [2.75, 3.05) is 19.6 Å². The Kier molecular flexibility index (Phi) is 13.8. The molecule has 1 heterocycles. The van der Waals surface area contributed by atoms with Crippen molar-refractivity contribution in [2.45, 2.75) is 99.6 Å². The van der Waals surface area contributed by atoms with E-state index in [1.54, 1.807) is 6.20 Å². The first-order valence-electron chi connectivity index (χ1n) is 17.6. The van der Waals surface area contributed by atoms with Crippen LogP contribution in [0, 0.1) is 29.1 Å². The zero-order valence-electron chi connectivity index (χ0n) is 31.0. The third-order valence-corrected chi connectivity index (χ3v) is 9.58. The molecule has 3 unspecified atom stereocenters. The molecule has 258 valence electrons. The van der Waals surface area contributed by atoms with Crippen molar-refractivity contribution < 1.29 is 9.53 Å². The summed E-state index contributed by atoms with van der Waals surface area (Å²) < 4.78 is 5.73. The molecule has 1 saturated carbocycles. The average molecular weight is 651 g/mol. The molecule has 0 bridgehead atoms. The van der Waals surface area contributed by atoms with E-state index in [0.29, 0.717) is 49.4 Å². The van der Waals surface area contributed by atoms with Crippen molar-refractivity contribution >= 4 is 17.4 Å². The summed E-state index contributed by atoms with van der Waals surface area (Å²) in [4.78, 5) is 22.2. The van der Waals surface area contributed by atoms with E-state index in [1.165, 1.54) is 17.6 Å². The van der Waals surface area contributed by atoms with Gasteiger partial charge in [-0.1, -0.05) is 63.4 Å². The number of ether oxygens (including phenoxy) is 1. The zero-order valence-corrected chi connectivity index (χ0v) is 31.0. The highest BCUT2D eigenvalue weighted by Gasteiger charge is 2.36. The molecule has 1 aliphatic heterocycles. The number of hydrogen-bond donors (Lipinski definition) is 0. The van der Waals surface area contributed by atoms with E-state index in [0.717, 1.165) is 41.0 Å². The van der Waals surface area contributed by atoms with Crippen molar-refractivity contribution in [3.05, 3.63) is 101 Å². The Bertz CT molecular complexity index is 1530. The minimum atomic E-state index is -0.544. The highest BCUT2D eigenvalue weighted by Crippen LogP contribution is 2.45. The minimum absolute atomic E-state index is 0.0568. The Balaban J connectivity index is 2.20. The topological polar surface area (TPSA) is 68.9 Å². The molecule has 1 amide bonds. The highest BCUT2D eigenvalue weighted by atomic mass is 16.6. The molecule has 4 atom stereocenters. The van der Waals surface area contributed by atoms with Gasteiger partial charge in [-0.2, -0.15) is 5.26 Å². The van der Waals surface area contributed by atoms with Gasteiger partial charge in [-0.25, -0.2) is 4.79 Å². The van der Waals surface area contributed by atoms with Gasteiger partial charge >= 0.3 is 6.09 Å². The molecule has 1 aromatic rings. The molecule has 0 N–H and O–H groups in total. The number of nitriles is 1. The fourth-order valence-electron chi connectivity index (χ4n) is 6.86. The number of piperazine rings is 1. The quantitative estimate of drug-likeness (QED) is 0.128. The van der Waals surface area contributed by atoms with E-state index in [9.17, 15) is 10.1 Å². The summed E-state index contributed by atoms with van der Waals surface area (Å²) in [6, 6.07) is 9.92. The van der Waals surface area contributed by atoms with Crippen LogP contribution in [0.5, 0.6) is 0 Å². The Morgan fingerprint density at radius 2 is 1.94 bits per heavy atom. The van der Waals surface area contributed by atoms with Crippen LogP contribution in [-0.2, 0) is 4.74 Å². The van der Waals surface area contributed by atoms with E-state index < -0.39 is 5.60 Å². The van der Waals surface area contributed by atoms with E-state index >= 15 is 0 Å². The molecule has 48 heavy (non-hydrogen) atoms. The number of nitrogens with zero attached hydrogens (tertiary/aromatic N) is 4. The summed E-state index contributed by atoms with van der Waals surface area (Å²) in [7, 11) is 0. The molecule has 2 fully saturated rings. The molecule has 1 aliphatic carbocycles. The van der Waals surface area contributed by atoms with Gasteiger partial charge in [0, 0.05) is 49.6 Å². The fourth-order valence-corrected chi connectivity index (χ4v) is 6.86. The van der Waals surface area contributed by atoms with Crippen LogP contribution in [-0.4, -0.2) is 52.9 Å². The number of amides is 1. The van der Waals surface area contributed by atoms with Crippen molar-refractivity contribution in [3.63, 3.8) is 0 Å². The summed E-state index contributed by atoms with van der Waals surface area (Å²) in [6.07, 6.45) is 14.5. The zero-order chi connectivity index (χ0) is 35.6. The van der Waals surface area contributed by atoms with Gasteiger partial charge in [0.2, 0.25) is 0 Å². The molecule has 1 aromatic carbocycles. The lowest BCUT2D eigenvalue weighted by atomic mass is 9.66. The number of carbonyl (C=O) groups excluding carboxylic acids is 1. The van der Waals surface area contributed by atoms with Crippen LogP contribution >= 0.6 is 0 Å². The SMILES string of the molecule is C=CN=C(CC(=C)c1cccc(C#N)c1)C(/C(=C\C)C(=C/C(/C=C\C)CC)/C1CCC1C)=C(\C)N1CCN(C(=O)OC(C)(C)C)C[C@@H]1C. The number of hydrogen-bond acceptors (Lipinski definition) is 5. The molecule has 0 radical (unpaired) electrons. The van der Waals surface area contributed by atoms with Crippen molar-refractivity contribution in [2.24, 2.45) is 22.7 Å². The van der Waals surface area contributed by atoms with Crippen LogP contribution in [0.1, 0.15) is 99.1 Å². The molecule has 0 aromatic heterocycles. The third kappa shape index (κ3) is 9.72. The first-order valence-corrected chi connectivity index (χ1v) is 17.6. The largest absolute Gasteiger partial charge is 0.444 e. The van der Waals surface area contributed by atoms with Crippen LogP contribution < -0.4 is 0 Å². The molecule has 3 rings (SSSR count). The number of allylic oxidation sites excluding steroid dienone is 9. The van der Waals surface area contributed by atoms with Gasteiger partial charge in [0.05, 0.1) is 17.3 Å². The van der Waals surface area contributed by atoms with Crippen LogP contribution in [0.3, 0.4) is 0 Å². The lowest BCUT2D eigenvalue weighted by molar-refractivity contribution is 0.0101. The van der Waals surface area contributed by atoms with Gasteiger partial charge in [-0.3, -0.25) is 4.99 Å². The monoisotopic (exact) mass is 650 g/mol. The molecule has 6 heteroatoms. The summed E-state index contributed by atoms with van der Waals surface area (Å²) in [5, 5.41) is 9.57. The highest BCUT2D eigenvalue weighted by molar-refractivity contribution is 6.10. The first kappa shape index (κ1) is 38.3. The van der Waals surface area contributed by atoms with Crippen molar-refractivity contribution in [1.29, 1.82) is 5.26 Å². The maximum atomic E-state index is 13.0. The molecule has 1 saturated heterocycles. The van der Waals surface area contributed by atoms with Gasteiger partial charge in [-0.15, -0.1) is 0 Å². The van der Waals surface area contributed by atoms with E-state index in [2.05, 4.69) is 90.0 Å². The number of rotatable bonds is 12. The van der Waals surface area contributed by atoms with Crippen molar-refractivity contribution in [1.82, 2.24) is 9.80 Å². The minimum Gasteiger partial charge on any atom is -0.444 e. The summed E-state index contributed by atoms with van der Waals surface area (Å²) in [5.41, 5.74) is 7.55. The summed E-state index contributed by atoms with van der Waals surface area (Å²) >= 11 is 0. The third-order valence-electron chi connectivity index (χ3n) is 9.58. The van der Waals surface area contributed by atoms with E-state index in [1.807, 2.05) is 49.9 Å². The predicted molar refractivity (Wildman–Crippen MR) is 201 cm³/mol. The first-order chi connectivity index (χ1) is 22.8. The van der Waals surface area contributed by atoms with Crippen LogP contribution in [0.25, 0.3) is 5.57 Å². The maximum absolute atomic E-state index is 13.0. The van der Waals surface area contributed by atoms with Gasteiger partial charge in [0.1, 0.15) is 5.60 Å². The van der Waals surface area contributed by atoms with Gasteiger partial charge in [0.25, 0.3) is 0 Å². The Morgan fingerprint density at radius 3 is 2.46 bits per heavy atom. The van der Waals surface area contributed by atoms with Crippen LogP contribution in [0.2, 0.25) is 0 Å². The fraction of sp³-hybridized carbons (Fsp3) is 0.500. The van der Waals surface area contributed by atoms with Gasteiger partial charge in [-0.05, 0) is 120 Å². The Morgan fingerprint density at radius 1 is 1.21 bits per heavy atom. The van der Waals surface area contributed by atoms with E-state index in [4.69, 9.17) is 9.73 Å². The van der Waals surface area contributed by atoms with Gasteiger partial charge < -0.3 is 14.5 Å². The lowest BCUT2D eigenvalue weighted by Gasteiger charge is -2.43. The smallest absolute Gasteiger partial charge is 0.410 e. The van der Waals surface area contributed by atoms with E-state index in [-0.39, 0.29) is 12.1 Å².